The number of hydrogen-bond acceptors (Lipinski definition) is 4. The Balaban J connectivity index is 1.69. The molecule has 1 saturated carbocycles. The van der Waals surface area contributed by atoms with Gasteiger partial charge < -0.3 is 4.84 Å². The van der Waals surface area contributed by atoms with E-state index in [-0.39, 0.29) is 23.0 Å². The number of rotatable bonds is 5. The number of nitrogens with zero attached hydrogens (tertiary/aromatic N) is 1. The Hall–Kier alpha value is -2.17. The maximum atomic E-state index is 12.7. The minimum Gasteiger partial charge on any atom is -0.329 e. The summed E-state index contributed by atoms with van der Waals surface area (Å²) >= 11 is 0. The van der Waals surface area contributed by atoms with Gasteiger partial charge in [0.25, 0.3) is 11.8 Å². The minimum atomic E-state index is -0.561. The molecule has 0 bridgehead atoms. The summed E-state index contributed by atoms with van der Waals surface area (Å²) in [5.41, 5.74) is 0.572. The molecule has 3 rings (SSSR count). The molecule has 1 fully saturated rings. The van der Waals surface area contributed by atoms with E-state index >= 15 is 0 Å². The molecule has 2 amide bonds. The van der Waals surface area contributed by atoms with Crippen LogP contribution in [-0.2, 0) is 9.63 Å². The molecular weight excluding hydrogens is 318 g/mol. The third-order valence-electron chi connectivity index (χ3n) is 5.36. The van der Waals surface area contributed by atoms with Crippen molar-refractivity contribution in [2.24, 2.45) is 17.8 Å². The van der Waals surface area contributed by atoms with Gasteiger partial charge in [-0.3, -0.25) is 9.59 Å². The first-order valence-corrected chi connectivity index (χ1v) is 9.18. The summed E-state index contributed by atoms with van der Waals surface area (Å²) in [6.45, 7) is 3.97. The average molecular weight is 343 g/mol. The van der Waals surface area contributed by atoms with Crippen LogP contribution < -0.4 is 0 Å². The summed E-state index contributed by atoms with van der Waals surface area (Å²) in [5, 5.41) is 0.628. The number of hydrogen-bond donors (Lipinski definition) is 0. The van der Waals surface area contributed by atoms with Crippen LogP contribution in [-0.4, -0.2) is 22.8 Å². The smallest absolute Gasteiger partial charge is 0.329 e. The van der Waals surface area contributed by atoms with Crippen LogP contribution in [0.25, 0.3) is 0 Å². The van der Waals surface area contributed by atoms with Crippen molar-refractivity contribution in [1.29, 1.82) is 0 Å². The zero-order valence-corrected chi connectivity index (χ0v) is 14.9. The molecule has 1 aliphatic heterocycles. The number of benzene rings is 1. The van der Waals surface area contributed by atoms with Crippen molar-refractivity contribution in [1.82, 2.24) is 5.06 Å². The van der Waals surface area contributed by atoms with Gasteiger partial charge in [0.15, 0.2) is 0 Å². The monoisotopic (exact) mass is 343 g/mol. The molecule has 1 aromatic carbocycles. The Morgan fingerprint density at radius 2 is 1.64 bits per heavy atom. The highest BCUT2D eigenvalue weighted by Gasteiger charge is 2.40. The maximum absolute atomic E-state index is 12.7. The first kappa shape index (κ1) is 17.6. The summed E-state index contributed by atoms with van der Waals surface area (Å²) in [6.07, 6.45) is 6.74. The van der Waals surface area contributed by atoms with E-state index in [0.717, 1.165) is 19.3 Å². The Kier molecular flexibility index (Phi) is 5.21. The molecule has 1 unspecified atom stereocenters. The van der Waals surface area contributed by atoms with Crippen LogP contribution in [0.4, 0.5) is 0 Å². The first-order chi connectivity index (χ1) is 12.0. The molecule has 1 aromatic rings. The number of fused-ring (bicyclic) bond motifs is 1. The van der Waals surface area contributed by atoms with Gasteiger partial charge in [0.1, 0.15) is 0 Å². The van der Waals surface area contributed by atoms with Gasteiger partial charge in [-0.15, -0.1) is 0 Å². The molecule has 1 aliphatic carbocycles. The Morgan fingerprint density at radius 3 is 2.16 bits per heavy atom. The highest BCUT2D eigenvalue weighted by molar-refractivity contribution is 6.20. The number of hydroxylamine groups is 2. The summed E-state index contributed by atoms with van der Waals surface area (Å²) in [6, 6.07) is 6.53. The van der Waals surface area contributed by atoms with Crippen LogP contribution in [0.2, 0.25) is 0 Å². The quantitative estimate of drug-likeness (QED) is 0.759. The van der Waals surface area contributed by atoms with Crippen LogP contribution in [0.3, 0.4) is 0 Å². The molecule has 1 atom stereocenters. The van der Waals surface area contributed by atoms with E-state index < -0.39 is 17.8 Å². The van der Waals surface area contributed by atoms with E-state index in [9.17, 15) is 14.4 Å². The van der Waals surface area contributed by atoms with Gasteiger partial charge in [0.05, 0.1) is 17.0 Å². The summed E-state index contributed by atoms with van der Waals surface area (Å²) in [4.78, 5) is 42.7. The maximum Gasteiger partial charge on any atom is 0.336 e. The SMILES string of the molecule is CC(C)C(CC1CCCCC1)C(=O)ON1C(=O)c2ccccc2C1=O. The van der Waals surface area contributed by atoms with Crippen molar-refractivity contribution in [3.05, 3.63) is 35.4 Å². The summed E-state index contributed by atoms with van der Waals surface area (Å²) in [5.74, 6) is -1.27. The number of imide groups is 1. The highest BCUT2D eigenvalue weighted by atomic mass is 16.7. The molecule has 5 nitrogen and oxygen atoms in total. The molecule has 134 valence electrons. The zero-order valence-electron chi connectivity index (χ0n) is 14.9. The van der Waals surface area contributed by atoms with E-state index in [0.29, 0.717) is 11.0 Å². The largest absolute Gasteiger partial charge is 0.336 e. The lowest BCUT2D eigenvalue weighted by molar-refractivity contribution is -0.176. The van der Waals surface area contributed by atoms with E-state index in [4.69, 9.17) is 4.84 Å². The van der Waals surface area contributed by atoms with Gasteiger partial charge in [-0.1, -0.05) is 63.1 Å². The lowest BCUT2D eigenvalue weighted by Crippen LogP contribution is -2.37. The molecule has 5 heteroatoms. The third kappa shape index (κ3) is 3.60. The third-order valence-corrected chi connectivity index (χ3v) is 5.36. The molecule has 0 N–H and O–H groups in total. The van der Waals surface area contributed by atoms with E-state index in [1.165, 1.54) is 19.3 Å². The Morgan fingerprint density at radius 1 is 1.08 bits per heavy atom. The van der Waals surface area contributed by atoms with Gasteiger partial charge in [0, 0.05) is 0 Å². The Labute approximate surface area is 148 Å². The van der Waals surface area contributed by atoms with E-state index in [1.807, 2.05) is 13.8 Å². The summed E-state index contributed by atoms with van der Waals surface area (Å²) in [7, 11) is 0. The van der Waals surface area contributed by atoms with Gasteiger partial charge in [-0.05, 0) is 30.4 Å². The van der Waals surface area contributed by atoms with Gasteiger partial charge in [-0.25, -0.2) is 4.79 Å². The van der Waals surface area contributed by atoms with Crippen LogP contribution >= 0.6 is 0 Å². The Bertz CT molecular complexity index is 641. The van der Waals surface area contributed by atoms with Crippen LogP contribution in [0.1, 0.15) is 73.1 Å². The molecular formula is C20H25NO4. The van der Waals surface area contributed by atoms with Gasteiger partial charge in [-0.2, -0.15) is 0 Å². The van der Waals surface area contributed by atoms with Crippen molar-refractivity contribution in [2.45, 2.75) is 52.4 Å². The fourth-order valence-corrected chi connectivity index (χ4v) is 3.83. The number of carbonyl (C=O) groups is 3. The van der Waals surface area contributed by atoms with Crippen molar-refractivity contribution in [3.8, 4) is 0 Å². The van der Waals surface area contributed by atoms with Crippen molar-refractivity contribution < 1.29 is 19.2 Å². The second-order valence-electron chi connectivity index (χ2n) is 7.45. The predicted octanol–water partition coefficient (Wildman–Crippen LogP) is 3.98. The lowest BCUT2D eigenvalue weighted by atomic mass is 9.79. The van der Waals surface area contributed by atoms with E-state index in [1.54, 1.807) is 24.3 Å². The van der Waals surface area contributed by atoms with Crippen LogP contribution in [0.15, 0.2) is 24.3 Å². The second-order valence-corrected chi connectivity index (χ2v) is 7.45. The molecule has 0 radical (unpaired) electrons. The number of amides is 2. The molecule has 0 spiro atoms. The molecule has 0 saturated heterocycles. The fraction of sp³-hybridized carbons (Fsp3) is 0.550. The normalized spacial score (nSPS) is 19.2. The first-order valence-electron chi connectivity index (χ1n) is 9.18. The van der Waals surface area contributed by atoms with Crippen LogP contribution in [0.5, 0.6) is 0 Å². The lowest BCUT2D eigenvalue weighted by Gasteiger charge is -2.28. The minimum absolute atomic E-state index is 0.101. The topological polar surface area (TPSA) is 63.7 Å². The average Bonchev–Trinajstić information content (AvgIpc) is 2.85. The zero-order chi connectivity index (χ0) is 18.0. The van der Waals surface area contributed by atoms with E-state index in [2.05, 4.69) is 0 Å². The molecule has 0 aromatic heterocycles. The highest BCUT2D eigenvalue weighted by Crippen LogP contribution is 2.33. The second kappa shape index (κ2) is 7.38. The molecule has 2 aliphatic rings. The van der Waals surface area contributed by atoms with Crippen molar-refractivity contribution >= 4 is 17.8 Å². The summed E-state index contributed by atoms with van der Waals surface area (Å²) < 4.78 is 0. The standard InChI is InChI=1S/C20H25NO4/c1-13(2)17(12-14-8-4-3-5-9-14)20(24)25-21-18(22)15-10-6-7-11-16(15)19(21)23/h6-7,10-11,13-14,17H,3-5,8-9,12H2,1-2H3. The molecule has 1 heterocycles. The predicted molar refractivity (Wildman–Crippen MR) is 92.6 cm³/mol. The van der Waals surface area contributed by atoms with Gasteiger partial charge in [0.2, 0.25) is 0 Å². The van der Waals surface area contributed by atoms with Gasteiger partial charge >= 0.3 is 5.97 Å². The van der Waals surface area contributed by atoms with Crippen molar-refractivity contribution in [2.75, 3.05) is 0 Å². The van der Waals surface area contributed by atoms with Crippen LogP contribution in [0, 0.1) is 17.8 Å². The number of carbonyl (C=O) groups excluding carboxylic acids is 3. The van der Waals surface area contributed by atoms with Crippen molar-refractivity contribution in [3.63, 3.8) is 0 Å². The molecule has 25 heavy (non-hydrogen) atoms. The fourth-order valence-electron chi connectivity index (χ4n) is 3.83.